The van der Waals surface area contributed by atoms with Crippen molar-refractivity contribution in [2.75, 3.05) is 13.1 Å². The first kappa shape index (κ1) is 13.9. The van der Waals surface area contributed by atoms with E-state index in [0.717, 1.165) is 37.3 Å². The Kier molecular flexibility index (Phi) is 3.21. The maximum atomic E-state index is 12.7. The van der Waals surface area contributed by atoms with E-state index < -0.39 is 0 Å². The number of hydrogen-bond donors (Lipinski definition) is 2. The fourth-order valence-electron chi connectivity index (χ4n) is 5.92. The van der Waals surface area contributed by atoms with Gasteiger partial charge < -0.3 is 16.0 Å². The molecule has 1 aliphatic heterocycles. The molecule has 21 heavy (non-hydrogen) atoms. The molecular weight excluding hydrogens is 262 g/mol. The number of carbonyl (C=O) groups is 1. The number of nitrogens with one attached hydrogen (secondary N) is 1. The van der Waals surface area contributed by atoms with Gasteiger partial charge in [0.15, 0.2) is 0 Å². The first-order valence-electron chi connectivity index (χ1n) is 8.86. The summed E-state index contributed by atoms with van der Waals surface area (Å²) in [5, 5.41) is 3.48. The van der Waals surface area contributed by atoms with Crippen molar-refractivity contribution in [1.82, 2.24) is 10.2 Å². The third kappa shape index (κ3) is 2.45. The highest BCUT2D eigenvalue weighted by Crippen LogP contribution is 2.55. The lowest BCUT2D eigenvalue weighted by Gasteiger charge is -2.57. The smallest absolute Gasteiger partial charge is 0.317 e. The minimum absolute atomic E-state index is 0.134. The summed E-state index contributed by atoms with van der Waals surface area (Å²) in [6.45, 7) is 3.80. The maximum absolute atomic E-state index is 12.7. The predicted molar refractivity (Wildman–Crippen MR) is 82.8 cm³/mol. The second kappa shape index (κ2) is 4.87. The van der Waals surface area contributed by atoms with Crippen LogP contribution in [-0.4, -0.2) is 35.6 Å². The lowest BCUT2D eigenvalue weighted by Crippen LogP contribution is -2.63. The van der Waals surface area contributed by atoms with Crippen molar-refractivity contribution >= 4 is 6.03 Å². The van der Waals surface area contributed by atoms with Crippen molar-refractivity contribution in [3.63, 3.8) is 0 Å². The van der Waals surface area contributed by atoms with Gasteiger partial charge in [-0.1, -0.05) is 6.92 Å². The summed E-state index contributed by atoms with van der Waals surface area (Å²) in [6, 6.07) is 0.435. The van der Waals surface area contributed by atoms with E-state index >= 15 is 0 Å². The summed E-state index contributed by atoms with van der Waals surface area (Å²) in [5.74, 6) is 3.06. The standard InChI is InChI=1S/C17H29N3O/c1-11-10-20(3-2-15(11)18)16(21)19-17-7-12-4-13(8-17)6-14(5-12)9-17/h11-15H,2-10,18H2,1H3,(H,19,21). The lowest BCUT2D eigenvalue weighted by molar-refractivity contribution is -0.0164. The largest absolute Gasteiger partial charge is 0.333 e. The monoisotopic (exact) mass is 291 g/mol. The van der Waals surface area contributed by atoms with Gasteiger partial charge in [0, 0.05) is 24.7 Å². The van der Waals surface area contributed by atoms with Gasteiger partial charge in [0.2, 0.25) is 0 Å². The zero-order chi connectivity index (χ0) is 14.6. The molecule has 2 amide bonds. The number of urea groups is 1. The van der Waals surface area contributed by atoms with Crippen LogP contribution in [0.25, 0.3) is 0 Å². The number of likely N-dealkylation sites (tertiary alicyclic amines) is 1. The Bertz CT molecular complexity index is 400. The molecule has 0 radical (unpaired) electrons. The summed E-state index contributed by atoms with van der Waals surface area (Å²) in [5.41, 5.74) is 6.20. The number of hydrogen-bond acceptors (Lipinski definition) is 2. The van der Waals surface area contributed by atoms with Crippen molar-refractivity contribution in [2.24, 2.45) is 29.4 Å². The molecule has 118 valence electrons. The molecule has 4 nitrogen and oxygen atoms in total. The second-order valence-corrected chi connectivity index (χ2v) is 8.50. The number of nitrogens with zero attached hydrogens (tertiary/aromatic N) is 1. The van der Waals surface area contributed by atoms with E-state index in [4.69, 9.17) is 5.73 Å². The van der Waals surface area contributed by atoms with E-state index in [1.165, 1.54) is 38.5 Å². The van der Waals surface area contributed by atoms with E-state index in [1.54, 1.807) is 0 Å². The molecule has 4 aliphatic carbocycles. The highest BCUT2D eigenvalue weighted by Gasteiger charge is 2.51. The Hall–Kier alpha value is -0.770. The topological polar surface area (TPSA) is 58.4 Å². The van der Waals surface area contributed by atoms with Crippen LogP contribution in [-0.2, 0) is 0 Å². The zero-order valence-electron chi connectivity index (χ0n) is 13.2. The number of rotatable bonds is 1. The van der Waals surface area contributed by atoms with E-state index in [0.29, 0.717) is 5.92 Å². The summed E-state index contributed by atoms with van der Waals surface area (Å²) in [4.78, 5) is 14.7. The Morgan fingerprint density at radius 2 is 1.71 bits per heavy atom. The van der Waals surface area contributed by atoms with Gasteiger partial charge in [0.25, 0.3) is 0 Å². The molecule has 2 unspecified atom stereocenters. The van der Waals surface area contributed by atoms with Gasteiger partial charge >= 0.3 is 6.03 Å². The maximum Gasteiger partial charge on any atom is 0.317 e. The van der Waals surface area contributed by atoms with Crippen molar-refractivity contribution in [2.45, 2.75) is 63.5 Å². The molecule has 0 aromatic heterocycles. The van der Waals surface area contributed by atoms with Crippen molar-refractivity contribution in [1.29, 1.82) is 0 Å². The molecule has 1 saturated heterocycles. The number of amides is 2. The summed E-state index contributed by atoms with van der Waals surface area (Å²) in [6.07, 6.45) is 8.89. The van der Waals surface area contributed by atoms with Gasteiger partial charge in [-0.25, -0.2) is 4.79 Å². The molecule has 4 saturated carbocycles. The lowest BCUT2D eigenvalue weighted by atomic mass is 9.53. The van der Waals surface area contributed by atoms with E-state index in [9.17, 15) is 4.79 Å². The van der Waals surface area contributed by atoms with Crippen LogP contribution in [0, 0.1) is 23.7 Å². The zero-order valence-corrected chi connectivity index (χ0v) is 13.2. The van der Waals surface area contributed by atoms with Gasteiger partial charge in [0.05, 0.1) is 0 Å². The van der Waals surface area contributed by atoms with Gasteiger partial charge in [0.1, 0.15) is 0 Å². The van der Waals surface area contributed by atoms with Crippen molar-refractivity contribution in [3.05, 3.63) is 0 Å². The molecular formula is C17H29N3O. The number of piperidine rings is 1. The fourth-order valence-corrected chi connectivity index (χ4v) is 5.92. The minimum Gasteiger partial charge on any atom is -0.333 e. The molecule has 0 aromatic rings. The highest BCUT2D eigenvalue weighted by atomic mass is 16.2. The van der Waals surface area contributed by atoms with Crippen LogP contribution in [0.5, 0.6) is 0 Å². The normalized spacial score (nSPS) is 48.5. The van der Waals surface area contributed by atoms with Crippen LogP contribution in [0.15, 0.2) is 0 Å². The van der Waals surface area contributed by atoms with Crippen molar-refractivity contribution < 1.29 is 4.79 Å². The van der Waals surface area contributed by atoms with Gasteiger partial charge in [-0.3, -0.25) is 0 Å². The molecule has 3 N–H and O–H groups in total. The third-order valence-electron chi connectivity index (χ3n) is 6.67. The summed E-state index contributed by atoms with van der Waals surface area (Å²) < 4.78 is 0. The van der Waals surface area contributed by atoms with Gasteiger partial charge in [-0.2, -0.15) is 0 Å². The quantitative estimate of drug-likeness (QED) is 0.779. The first-order valence-corrected chi connectivity index (χ1v) is 8.86. The summed E-state index contributed by atoms with van der Waals surface area (Å²) in [7, 11) is 0. The van der Waals surface area contributed by atoms with Crippen molar-refractivity contribution in [3.8, 4) is 0 Å². The van der Waals surface area contributed by atoms with E-state index in [-0.39, 0.29) is 17.6 Å². The Morgan fingerprint density at radius 3 is 2.24 bits per heavy atom. The molecule has 5 rings (SSSR count). The highest BCUT2D eigenvalue weighted by molar-refractivity contribution is 5.75. The first-order chi connectivity index (χ1) is 10.0. The number of carbonyl (C=O) groups excluding carboxylic acids is 1. The average Bonchev–Trinajstić information content (AvgIpc) is 2.39. The molecule has 5 fully saturated rings. The van der Waals surface area contributed by atoms with E-state index in [2.05, 4.69) is 12.2 Å². The van der Waals surface area contributed by atoms with Crippen LogP contribution >= 0.6 is 0 Å². The Morgan fingerprint density at radius 1 is 1.14 bits per heavy atom. The molecule has 0 aromatic carbocycles. The molecule has 4 heteroatoms. The average molecular weight is 291 g/mol. The molecule has 5 aliphatic rings. The van der Waals surface area contributed by atoms with Gasteiger partial charge in [-0.15, -0.1) is 0 Å². The van der Waals surface area contributed by atoms with Crippen LogP contribution in [0.3, 0.4) is 0 Å². The Balaban J connectivity index is 1.42. The SMILES string of the molecule is CC1CN(C(=O)NC23CC4CC(CC(C4)C2)C3)CCC1N. The van der Waals surface area contributed by atoms with E-state index in [1.807, 2.05) is 4.90 Å². The van der Waals surface area contributed by atoms with Crippen LogP contribution in [0.4, 0.5) is 4.79 Å². The number of nitrogens with two attached hydrogens (primary N) is 1. The molecule has 2 atom stereocenters. The molecule has 0 spiro atoms. The van der Waals surface area contributed by atoms with Crippen LogP contribution in [0.1, 0.15) is 51.9 Å². The predicted octanol–water partition coefficient (Wildman–Crippen LogP) is 2.33. The molecule has 1 heterocycles. The fraction of sp³-hybridized carbons (Fsp3) is 0.941. The third-order valence-corrected chi connectivity index (χ3v) is 6.67. The second-order valence-electron chi connectivity index (χ2n) is 8.50. The van der Waals surface area contributed by atoms with Gasteiger partial charge in [-0.05, 0) is 68.6 Å². The van der Waals surface area contributed by atoms with Crippen LogP contribution in [0.2, 0.25) is 0 Å². The minimum atomic E-state index is 0.134. The Labute approximate surface area is 127 Å². The summed E-state index contributed by atoms with van der Waals surface area (Å²) >= 11 is 0. The van der Waals surface area contributed by atoms with Crippen LogP contribution < -0.4 is 11.1 Å². The molecule has 4 bridgehead atoms.